The van der Waals surface area contributed by atoms with Crippen LogP contribution in [0.1, 0.15) is 6.04 Å². The lowest BCUT2D eigenvalue weighted by Gasteiger charge is -2.30. The number of likely N-dealkylation sites (tertiary alicyclic amines) is 1. The molecule has 17 heavy (non-hydrogen) atoms. The van der Waals surface area contributed by atoms with Gasteiger partial charge < -0.3 is 15.3 Å². The van der Waals surface area contributed by atoms with E-state index in [2.05, 4.69) is 10.4 Å². The summed E-state index contributed by atoms with van der Waals surface area (Å²) in [6.45, 7) is 2.49. The normalized spacial score (nSPS) is 29.4. The molecule has 1 aromatic heterocycles. The molecule has 0 unspecified atom stereocenters. The third-order valence-corrected chi connectivity index (χ3v) is 3.57. The first-order valence-electron chi connectivity index (χ1n) is 5.92. The van der Waals surface area contributed by atoms with Gasteiger partial charge in [-0.05, 0) is 6.07 Å². The van der Waals surface area contributed by atoms with Crippen LogP contribution < -0.4 is 5.32 Å². The molecule has 2 fully saturated rings. The maximum Gasteiger partial charge on any atom is 0.228 e. The number of nitrogens with one attached hydrogen (secondary N) is 1. The molecule has 3 heterocycles. The van der Waals surface area contributed by atoms with Crippen molar-refractivity contribution in [1.82, 2.24) is 20.0 Å². The Balaban J connectivity index is 1.68. The van der Waals surface area contributed by atoms with Crippen molar-refractivity contribution >= 4 is 5.91 Å². The summed E-state index contributed by atoms with van der Waals surface area (Å²) in [5.74, 6) is 0.246. The van der Waals surface area contributed by atoms with Crippen LogP contribution >= 0.6 is 0 Å². The molecule has 2 saturated heterocycles. The molecule has 92 valence electrons. The van der Waals surface area contributed by atoms with Crippen molar-refractivity contribution in [2.24, 2.45) is 5.92 Å². The molecule has 2 aliphatic rings. The molecule has 1 amide bonds. The zero-order valence-electron chi connectivity index (χ0n) is 9.49. The number of hydrogen-bond donors (Lipinski definition) is 2. The van der Waals surface area contributed by atoms with Gasteiger partial charge in [0.2, 0.25) is 5.91 Å². The first-order valence-corrected chi connectivity index (χ1v) is 5.92. The van der Waals surface area contributed by atoms with Gasteiger partial charge in [0.15, 0.2) is 0 Å². The SMILES string of the molecule is O=C(C1CNC1)N1C[C@@H](O)[C@@H](n2cccn2)C1. The zero-order valence-corrected chi connectivity index (χ0v) is 9.49. The number of aromatic nitrogens is 2. The second-order valence-corrected chi connectivity index (χ2v) is 4.72. The van der Waals surface area contributed by atoms with Crippen molar-refractivity contribution in [2.45, 2.75) is 12.1 Å². The number of nitrogens with zero attached hydrogens (tertiary/aromatic N) is 3. The van der Waals surface area contributed by atoms with Crippen molar-refractivity contribution < 1.29 is 9.90 Å². The fraction of sp³-hybridized carbons (Fsp3) is 0.636. The fourth-order valence-electron chi connectivity index (χ4n) is 2.41. The standard InChI is InChI=1S/C11H16N4O2/c16-10-7-14(11(17)8-4-12-5-8)6-9(10)15-3-1-2-13-15/h1-3,8-10,12,16H,4-7H2/t9-,10+/m0/s1. The van der Waals surface area contributed by atoms with Gasteiger partial charge in [0, 0.05) is 38.6 Å². The minimum absolute atomic E-state index is 0.0959. The molecule has 6 heteroatoms. The maximum absolute atomic E-state index is 12.0. The van der Waals surface area contributed by atoms with Gasteiger partial charge in [-0.3, -0.25) is 9.48 Å². The Hall–Kier alpha value is -1.40. The summed E-state index contributed by atoms with van der Waals surface area (Å²) in [7, 11) is 0. The molecule has 0 spiro atoms. The minimum Gasteiger partial charge on any atom is -0.389 e. The Morgan fingerprint density at radius 3 is 2.82 bits per heavy atom. The lowest BCUT2D eigenvalue weighted by Crippen LogP contribution is -2.51. The van der Waals surface area contributed by atoms with Crippen LogP contribution in [0.3, 0.4) is 0 Å². The number of amides is 1. The van der Waals surface area contributed by atoms with Crippen LogP contribution in [0.5, 0.6) is 0 Å². The largest absolute Gasteiger partial charge is 0.389 e. The quantitative estimate of drug-likeness (QED) is 0.680. The van der Waals surface area contributed by atoms with Crippen LogP contribution in [-0.2, 0) is 4.79 Å². The van der Waals surface area contributed by atoms with E-state index in [-0.39, 0.29) is 17.9 Å². The van der Waals surface area contributed by atoms with Crippen LogP contribution in [0.2, 0.25) is 0 Å². The van der Waals surface area contributed by atoms with E-state index in [0.717, 1.165) is 13.1 Å². The van der Waals surface area contributed by atoms with Crippen molar-refractivity contribution in [1.29, 1.82) is 0 Å². The van der Waals surface area contributed by atoms with Crippen LogP contribution in [-0.4, -0.2) is 58.0 Å². The monoisotopic (exact) mass is 236 g/mol. The zero-order chi connectivity index (χ0) is 11.8. The van der Waals surface area contributed by atoms with Crippen LogP contribution in [0, 0.1) is 5.92 Å². The highest BCUT2D eigenvalue weighted by Gasteiger charge is 2.39. The lowest BCUT2D eigenvalue weighted by atomic mass is 10.0. The first kappa shape index (κ1) is 10.7. The summed E-state index contributed by atoms with van der Waals surface area (Å²) in [6.07, 6.45) is 2.99. The molecule has 0 saturated carbocycles. The Bertz CT molecular complexity index is 402. The van der Waals surface area contributed by atoms with Gasteiger partial charge in [-0.25, -0.2) is 0 Å². The summed E-state index contributed by atoms with van der Waals surface area (Å²) < 4.78 is 1.73. The molecule has 0 radical (unpaired) electrons. The van der Waals surface area contributed by atoms with Gasteiger partial charge in [0.05, 0.1) is 18.1 Å². The van der Waals surface area contributed by atoms with Crippen LogP contribution in [0.4, 0.5) is 0 Å². The van der Waals surface area contributed by atoms with Crippen LogP contribution in [0.15, 0.2) is 18.5 Å². The minimum atomic E-state index is -0.521. The number of rotatable bonds is 2. The molecule has 2 atom stereocenters. The van der Waals surface area contributed by atoms with Gasteiger partial charge in [-0.2, -0.15) is 5.10 Å². The van der Waals surface area contributed by atoms with E-state index in [0.29, 0.717) is 13.1 Å². The van der Waals surface area contributed by atoms with Gasteiger partial charge in [-0.15, -0.1) is 0 Å². The number of aliphatic hydroxyl groups is 1. The lowest BCUT2D eigenvalue weighted by molar-refractivity contribution is -0.136. The highest BCUT2D eigenvalue weighted by molar-refractivity contribution is 5.80. The van der Waals surface area contributed by atoms with Crippen molar-refractivity contribution in [3.8, 4) is 0 Å². The predicted molar refractivity (Wildman–Crippen MR) is 60.2 cm³/mol. The number of carbonyl (C=O) groups is 1. The predicted octanol–water partition coefficient (Wildman–Crippen LogP) is -1.15. The Labute approximate surface area is 99.2 Å². The molecular weight excluding hydrogens is 220 g/mol. The van der Waals surface area contributed by atoms with Crippen LogP contribution in [0.25, 0.3) is 0 Å². The molecule has 0 bridgehead atoms. The van der Waals surface area contributed by atoms with E-state index in [1.54, 1.807) is 15.8 Å². The van der Waals surface area contributed by atoms with Crippen molar-refractivity contribution in [3.05, 3.63) is 18.5 Å². The molecular formula is C11H16N4O2. The summed E-state index contributed by atoms with van der Waals surface area (Å²) >= 11 is 0. The van der Waals surface area contributed by atoms with E-state index >= 15 is 0 Å². The third-order valence-electron chi connectivity index (χ3n) is 3.57. The van der Waals surface area contributed by atoms with E-state index in [4.69, 9.17) is 0 Å². The Kier molecular flexibility index (Phi) is 2.60. The summed E-state index contributed by atoms with van der Waals surface area (Å²) in [5, 5.41) is 17.2. The molecule has 0 aromatic carbocycles. The van der Waals surface area contributed by atoms with Gasteiger partial charge in [0.25, 0.3) is 0 Å². The number of β-amino-alcohol motifs (C(OH)–C–C–N with tert-alkyl or cyclic N) is 1. The highest BCUT2D eigenvalue weighted by atomic mass is 16.3. The molecule has 6 nitrogen and oxygen atoms in total. The van der Waals surface area contributed by atoms with Crippen molar-refractivity contribution in [3.63, 3.8) is 0 Å². The topological polar surface area (TPSA) is 70.4 Å². The third kappa shape index (κ3) is 1.83. The molecule has 2 N–H and O–H groups in total. The summed E-state index contributed by atoms with van der Waals surface area (Å²) in [5.41, 5.74) is 0. The van der Waals surface area contributed by atoms with Crippen molar-refractivity contribution in [2.75, 3.05) is 26.2 Å². The van der Waals surface area contributed by atoms with E-state index in [1.807, 2.05) is 12.3 Å². The molecule has 1 aromatic rings. The number of carbonyl (C=O) groups excluding carboxylic acids is 1. The summed E-state index contributed by atoms with van der Waals surface area (Å²) in [6, 6.07) is 1.72. The molecule has 0 aliphatic carbocycles. The number of aliphatic hydroxyl groups excluding tert-OH is 1. The fourth-order valence-corrected chi connectivity index (χ4v) is 2.41. The van der Waals surface area contributed by atoms with Gasteiger partial charge >= 0.3 is 0 Å². The van der Waals surface area contributed by atoms with E-state index in [9.17, 15) is 9.90 Å². The van der Waals surface area contributed by atoms with E-state index < -0.39 is 6.10 Å². The highest BCUT2D eigenvalue weighted by Crippen LogP contribution is 2.23. The molecule has 2 aliphatic heterocycles. The smallest absolute Gasteiger partial charge is 0.228 e. The van der Waals surface area contributed by atoms with E-state index in [1.165, 1.54) is 0 Å². The Morgan fingerprint density at radius 1 is 1.41 bits per heavy atom. The molecule has 3 rings (SSSR count). The number of hydrogen-bond acceptors (Lipinski definition) is 4. The first-order chi connectivity index (χ1) is 8.25. The van der Waals surface area contributed by atoms with Gasteiger partial charge in [0.1, 0.15) is 0 Å². The second-order valence-electron chi connectivity index (χ2n) is 4.72. The van der Waals surface area contributed by atoms with Gasteiger partial charge in [-0.1, -0.05) is 0 Å². The average Bonchev–Trinajstić information content (AvgIpc) is 2.82. The second kappa shape index (κ2) is 4.12. The average molecular weight is 236 g/mol. The summed E-state index contributed by atoms with van der Waals surface area (Å²) in [4.78, 5) is 13.8. The Morgan fingerprint density at radius 2 is 2.24 bits per heavy atom. The maximum atomic E-state index is 12.0.